The molecule has 0 aromatic heterocycles. The predicted molar refractivity (Wildman–Crippen MR) is 255 cm³/mol. The van der Waals surface area contributed by atoms with Gasteiger partial charge < -0.3 is 14.3 Å². The molecule has 0 saturated heterocycles. The number of rotatable bonds is 10. The van der Waals surface area contributed by atoms with Crippen molar-refractivity contribution in [3.63, 3.8) is 0 Å². The molecule has 10 aromatic rings. The van der Waals surface area contributed by atoms with Gasteiger partial charge in [-0.25, -0.2) is 9.59 Å². The molecule has 0 aliphatic carbocycles. The van der Waals surface area contributed by atoms with Crippen LogP contribution in [0.15, 0.2) is 206 Å². The van der Waals surface area contributed by atoms with E-state index in [1.54, 1.807) is 24.3 Å². The predicted octanol–water partition coefficient (Wildman–Crippen LogP) is 9.42. The largest absolute Gasteiger partial charge is 0.478 e. The maximum absolute atomic E-state index is 12.6. The summed E-state index contributed by atoms with van der Waals surface area (Å²) in [6.07, 6.45) is 0. The normalized spacial score (nSPS) is 11.9. The van der Waals surface area contributed by atoms with Crippen molar-refractivity contribution in [3.8, 4) is 22.3 Å². The van der Waals surface area contributed by atoms with Gasteiger partial charge in [-0.05, 0) is 98.2 Å². The van der Waals surface area contributed by atoms with Gasteiger partial charge in [0.25, 0.3) is 8.32 Å². The molecule has 0 saturated carbocycles. The third-order valence-electron chi connectivity index (χ3n) is 12.0. The Morgan fingerprint density at radius 1 is 0.361 bits per heavy atom. The number of hydrogen-bond acceptors (Lipinski definition) is 3. The Morgan fingerprint density at radius 2 is 0.754 bits per heavy atom. The van der Waals surface area contributed by atoms with Gasteiger partial charge in [0.05, 0.1) is 11.1 Å². The molecule has 7 heteroatoms. The quantitative estimate of drug-likeness (QED) is 0.106. The molecule has 0 aliphatic heterocycles. The maximum Gasteiger partial charge on any atom is 0.336 e. The van der Waals surface area contributed by atoms with Crippen LogP contribution in [0.4, 0.5) is 0 Å². The molecule has 2 N–H and O–H groups in total. The van der Waals surface area contributed by atoms with Crippen LogP contribution in [0.25, 0.3) is 65.3 Å². The van der Waals surface area contributed by atoms with Crippen LogP contribution in [0.3, 0.4) is 0 Å². The van der Waals surface area contributed by atoms with Gasteiger partial charge in [0.2, 0.25) is 0 Å². The summed E-state index contributed by atoms with van der Waals surface area (Å²) in [6.45, 7) is 0. The van der Waals surface area contributed by atoms with E-state index in [1.807, 2.05) is 48.5 Å². The fourth-order valence-corrected chi connectivity index (χ4v) is 17.0. The molecule has 292 valence electrons. The average molecular weight is 823 g/mol. The monoisotopic (exact) mass is 822 g/mol. The minimum absolute atomic E-state index is 0.237. The summed E-state index contributed by atoms with van der Waals surface area (Å²) < 4.78 is 8.11. The first-order valence-electron chi connectivity index (χ1n) is 20.2. The number of aromatic carboxylic acids is 2. The van der Waals surface area contributed by atoms with E-state index in [9.17, 15) is 19.8 Å². The first kappa shape index (κ1) is 37.8. The highest BCUT2D eigenvalue weighted by Crippen LogP contribution is 2.35. The molecule has 10 aromatic carbocycles. The molecule has 0 amide bonds. The van der Waals surface area contributed by atoms with Crippen molar-refractivity contribution >= 4 is 93.9 Å². The number of hydrogen-bond donors (Lipinski definition) is 2. The van der Waals surface area contributed by atoms with Gasteiger partial charge in [-0.3, -0.25) is 0 Å². The zero-order chi connectivity index (χ0) is 41.5. The van der Waals surface area contributed by atoms with Crippen LogP contribution in [0.2, 0.25) is 0 Å². The molecule has 0 atom stereocenters. The molecule has 61 heavy (non-hydrogen) atoms. The number of carboxylic acid groups (broad SMARTS) is 2. The molecule has 10 rings (SSSR count). The van der Waals surface area contributed by atoms with E-state index in [1.165, 1.54) is 10.6 Å². The average Bonchev–Trinajstić information content (AvgIpc) is 3.31. The topological polar surface area (TPSA) is 83.8 Å². The first-order chi connectivity index (χ1) is 29.9. The lowest BCUT2D eigenvalue weighted by Crippen LogP contribution is -2.71. The maximum atomic E-state index is 12.6. The van der Waals surface area contributed by atoms with Gasteiger partial charge in [-0.2, -0.15) is 0 Å². The number of carbonyl (C=O) groups is 2. The summed E-state index contributed by atoms with van der Waals surface area (Å²) in [5.74, 6) is -1.97. The van der Waals surface area contributed by atoms with E-state index in [0.29, 0.717) is 11.1 Å². The van der Waals surface area contributed by atoms with Crippen LogP contribution in [-0.2, 0) is 4.12 Å². The van der Waals surface area contributed by atoms with Crippen LogP contribution in [-0.4, -0.2) is 40.2 Å². The van der Waals surface area contributed by atoms with E-state index >= 15 is 0 Å². The molecule has 0 fully saturated rings. The third kappa shape index (κ3) is 6.43. The van der Waals surface area contributed by atoms with E-state index in [-0.39, 0.29) is 11.1 Å². The molecule has 0 spiro atoms. The fourth-order valence-electron chi connectivity index (χ4n) is 9.30. The van der Waals surface area contributed by atoms with Crippen molar-refractivity contribution in [2.75, 3.05) is 0 Å². The molecular formula is C54H38O5Si2. The second-order valence-electron chi connectivity index (χ2n) is 15.2. The Bertz CT molecular complexity index is 3210. The van der Waals surface area contributed by atoms with Crippen molar-refractivity contribution in [2.24, 2.45) is 0 Å². The second-order valence-corrected chi connectivity index (χ2v) is 20.4. The van der Waals surface area contributed by atoms with Crippen LogP contribution in [0, 0.1) is 0 Å². The van der Waals surface area contributed by atoms with Gasteiger partial charge in [0, 0.05) is 0 Å². The van der Waals surface area contributed by atoms with Crippen LogP contribution < -0.4 is 20.7 Å². The lowest BCUT2D eigenvalue weighted by molar-refractivity contribution is 0.0687. The molecule has 0 radical (unpaired) electrons. The highest BCUT2D eigenvalue weighted by molar-refractivity contribution is 7.12. The van der Waals surface area contributed by atoms with Gasteiger partial charge in [0.1, 0.15) is 0 Å². The summed E-state index contributed by atoms with van der Waals surface area (Å²) in [4.78, 5) is 25.3. The van der Waals surface area contributed by atoms with Crippen LogP contribution in [0.5, 0.6) is 0 Å². The fraction of sp³-hybridized carbons (Fsp3) is 0. The minimum Gasteiger partial charge on any atom is -0.478 e. The molecule has 0 heterocycles. The highest BCUT2D eigenvalue weighted by atomic mass is 28.4. The SMILES string of the molecule is O=C(O)c1ccccc1-c1ccc([Si](O[SiH2]c2cccc3ccccc23)(c2cccc3ccccc23)c2ccc(-c3ccccc3C(=O)O)c3ccccc23)c2ccccc12. The molecule has 0 aliphatic rings. The Labute approximate surface area is 355 Å². The van der Waals surface area contributed by atoms with Crippen LogP contribution in [0.1, 0.15) is 20.7 Å². The van der Waals surface area contributed by atoms with Crippen molar-refractivity contribution in [2.45, 2.75) is 0 Å². The Balaban J connectivity index is 1.35. The lowest BCUT2D eigenvalue weighted by atomic mass is 9.94. The lowest BCUT2D eigenvalue weighted by Gasteiger charge is -2.37. The van der Waals surface area contributed by atoms with Crippen molar-refractivity contribution < 1.29 is 23.9 Å². The van der Waals surface area contributed by atoms with Gasteiger partial charge in [-0.15, -0.1) is 0 Å². The highest BCUT2D eigenvalue weighted by Gasteiger charge is 2.45. The van der Waals surface area contributed by atoms with E-state index in [2.05, 4.69) is 133 Å². The zero-order valence-corrected chi connectivity index (χ0v) is 35.4. The summed E-state index contributed by atoms with van der Waals surface area (Å²) >= 11 is 0. The molecule has 0 bridgehead atoms. The van der Waals surface area contributed by atoms with Gasteiger partial charge >= 0.3 is 11.9 Å². The Hall–Kier alpha value is -7.43. The molecular weight excluding hydrogens is 785 g/mol. The van der Waals surface area contributed by atoms with Crippen molar-refractivity contribution in [1.82, 2.24) is 0 Å². The summed E-state index contributed by atoms with van der Waals surface area (Å²) in [7, 11) is -5.19. The minimum atomic E-state index is -3.68. The molecule has 0 unspecified atom stereocenters. The smallest absolute Gasteiger partial charge is 0.336 e. The zero-order valence-electron chi connectivity index (χ0n) is 33.0. The van der Waals surface area contributed by atoms with E-state index in [0.717, 1.165) is 64.4 Å². The van der Waals surface area contributed by atoms with E-state index in [4.69, 9.17) is 4.12 Å². The Morgan fingerprint density at radius 3 is 1.30 bits per heavy atom. The summed E-state index contributed by atoms with van der Waals surface area (Å²) in [6, 6.07) is 69.4. The number of fused-ring (bicyclic) bond motifs is 4. The second kappa shape index (κ2) is 15.6. The summed E-state index contributed by atoms with van der Waals surface area (Å²) in [5, 5.41) is 33.4. The Kier molecular flexibility index (Phi) is 9.69. The standard InChI is InChI=1S/C54H38O5Si2/c55-53(56)47-27-11-7-23-41(47)43-31-33-51(45-25-9-5-21-39(43)45)61(50-30-14-18-36-16-2-4-20-38(36)50,59-60-49-29-13-17-35-15-1-3-19-37(35)49)52-34-32-44(40-22-6-10-26-46(40)52)42-24-8-12-28-48(42)54(57)58/h1-34H,60H2,(H,55,56)(H,57,58). The number of benzene rings is 10. The van der Waals surface area contributed by atoms with Gasteiger partial charge in [-0.1, -0.05) is 194 Å². The summed E-state index contributed by atoms with van der Waals surface area (Å²) in [5.41, 5.74) is 3.42. The third-order valence-corrected chi connectivity index (χ3v) is 18.8. The van der Waals surface area contributed by atoms with Gasteiger partial charge in [0.15, 0.2) is 9.76 Å². The van der Waals surface area contributed by atoms with E-state index < -0.39 is 30.0 Å². The first-order valence-corrected chi connectivity index (χ1v) is 23.4. The van der Waals surface area contributed by atoms with Crippen LogP contribution >= 0.6 is 0 Å². The molecule has 5 nitrogen and oxygen atoms in total. The number of carboxylic acids is 2. The van der Waals surface area contributed by atoms with Crippen molar-refractivity contribution in [3.05, 3.63) is 217 Å². The van der Waals surface area contributed by atoms with Crippen molar-refractivity contribution in [1.29, 1.82) is 0 Å².